The van der Waals surface area contributed by atoms with Crippen molar-refractivity contribution in [3.05, 3.63) is 23.8 Å². The summed E-state index contributed by atoms with van der Waals surface area (Å²) in [5.74, 6) is 1.40. The first-order valence-corrected chi connectivity index (χ1v) is 5.62. The van der Waals surface area contributed by atoms with Gasteiger partial charge in [-0.2, -0.15) is 0 Å². The molecule has 0 aliphatic rings. The zero-order chi connectivity index (χ0) is 12.9. The van der Waals surface area contributed by atoms with Crippen molar-refractivity contribution in [2.45, 2.75) is 19.4 Å². The quantitative estimate of drug-likeness (QED) is 0.787. The number of methoxy groups -OCH3 is 1. The van der Waals surface area contributed by atoms with Crippen LogP contribution in [-0.2, 0) is 0 Å². The molecule has 0 spiro atoms. The Balaban J connectivity index is 2.75. The molecule has 96 valence electrons. The standard InChI is InChI=1S/C13H21NO3/c1-10-5-6-11(12(7-10)16-4)17-9-13(2,8-15)14-3/h5-7,14-15H,8-9H2,1-4H3. The van der Waals surface area contributed by atoms with Crippen molar-refractivity contribution in [2.75, 3.05) is 27.4 Å². The molecule has 0 fully saturated rings. The van der Waals surface area contributed by atoms with Gasteiger partial charge in [0.2, 0.25) is 0 Å². The first kappa shape index (κ1) is 13.8. The molecule has 0 aromatic heterocycles. The predicted octanol–water partition coefficient (Wildman–Crippen LogP) is 1.35. The molecule has 0 saturated carbocycles. The summed E-state index contributed by atoms with van der Waals surface area (Å²) in [5.41, 5.74) is 0.670. The molecule has 0 aliphatic heterocycles. The highest BCUT2D eigenvalue weighted by atomic mass is 16.5. The highest BCUT2D eigenvalue weighted by Gasteiger charge is 2.22. The van der Waals surface area contributed by atoms with E-state index in [4.69, 9.17) is 9.47 Å². The van der Waals surface area contributed by atoms with Crippen molar-refractivity contribution in [2.24, 2.45) is 0 Å². The van der Waals surface area contributed by atoms with E-state index < -0.39 is 5.54 Å². The maximum absolute atomic E-state index is 9.26. The van der Waals surface area contributed by atoms with Crippen molar-refractivity contribution in [1.82, 2.24) is 5.32 Å². The lowest BCUT2D eigenvalue weighted by Crippen LogP contribution is -2.48. The number of hydrogen-bond donors (Lipinski definition) is 2. The summed E-state index contributed by atoms with van der Waals surface area (Å²) in [6.45, 7) is 4.28. The van der Waals surface area contributed by atoms with Crippen LogP contribution in [0.4, 0.5) is 0 Å². The van der Waals surface area contributed by atoms with Gasteiger partial charge in [0, 0.05) is 0 Å². The zero-order valence-electron chi connectivity index (χ0n) is 10.9. The largest absolute Gasteiger partial charge is 0.493 e. The van der Waals surface area contributed by atoms with Crippen LogP contribution in [0.25, 0.3) is 0 Å². The summed E-state index contributed by atoms with van der Waals surface area (Å²) >= 11 is 0. The van der Waals surface area contributed by atoms with Crippen LogP contribution < -0.4 is 14.8 Å². The fourth-order valence-electron chi connectivity index (χ4n) is 1.33. The van der Waals surface area contributed by atoms with E-state index in [1.165, 1.54) is 0 Å². The Labute approximate surface area is 103 Å². The van der Waals surface area contributed by atoms with Gasteiger partial charge in [-0.15, -0.1) is 0 Å². The van der Waals surface area contributed by atoms with Gasteiger partial charge < -0.3 is 19.9 Å². The van der Waals surface area contributed by atoms with Crippen LogP contribution in [0.15, 0.2) is 18.2 Å². The molecule has 0 radical (unpaired) electrons. The minimum atomic E-state index is -0.449. The molecule has 1 rings (SSSR count). The van der Waals surface area contributed by atoms with Gasteiger partial charge in [0.15, 0.2) is 11.5 Å². The Bertz CT molecular complexity index is 362. The topological polar surface area (TPSA) is 50.7 Å². The van der Waals surface area contributed by atoms with Gasteiger partial charge in [0.05, 0.1) is 19.3 Å². The van der Waals surface area contributed by atoms with Crippen LogP contribution in [-0.4, -0.2) is 38.0 Å². The summed E-state index contributed by atoms with van der Waals surface area (Å²) in [6.07, 6.45) is 0. The van der Waals surface area contributed by atoms with Gasteiger partial charge in [-0.1, -0.05) is 6.07 Å². The van der Waals surface area contributed by atoms with E-state index in [0.29, 0.717) is 18.1 Å². The number of aliphatic hydroxyl groups excluding tert-OH is 1. The molecule has 2 N–H and O–H groups in total. The highest BCUT2D eigenvalue weighted by molar-refractivity contribution is 5.42. The molecule has 4 nitrogen and oxygen atoms in total. The predicted molar refractivity (Wildman–Crippen MR) is 67.8 cm³/mol. The molecule has 0 saturated heterocycles. The lowest BCUT2D eigenvalue weighted by molar-refractivity contribution is 0.120. The van der Waals surface area contributed by atoms with Crippen LogP contribution in [0, 0.1) is 6.92 Å². The molecule has 0 bridgehead atoms. The van der Waals surface area contributed by atoms with Crippen LogP contribution >= 0.6 is 0 Å². The molecule has 0 amide bonds. The van der Waals surface area contributed by atoms with E-state index in [1.807, 2.05) is 32.0 Å². The molecule has 1 aromatic carbocycles. The van der Waals surface area contributed by atoms with Gasteiger partial charge in [0.1, 0.15) is 6.61 Å². The second-order valence-electron chi connectivity index (χ2n) is 4.41. The maximum atomic E-state index is 9.26. The zero-order valence-corrected chi connectivity index (χ0v) is 10.9. The summed E-state index contributed by atoms with van der Waals surface area (Å²) in [4.78, 5) is 0. The fourth-order valence-corrected chi connectivity index (χ4v) is 1.33. The Hall–Kier alpha value is -1.26. The molecule has 1 unspecified atom stereocenters. The van der Waals surface area contributed by atoms with Gasteiger partial charge >= 0.3 is 0 Å². The van der Waals surface area contributed by atoms with E-state index in [-0.39, 0.29) is 6.61 Å². The normalized spacial score (nSPS) is 14.2. The first-order chi connectivity index (χ1) is 8.04. The van der Waals surface area contributed by atoms with Crippen LogP contribution in [0.3, 0.4) is 0 Å². The third kappa shape index (κ3) is 3.61. The number of likely N-dealkylation sites (N-methyl/N-ethyl adjacent to an activating group) is 1. The Morgan fingerprint density at radius 1 is 1.35 bits per heavy atom. The van der Waals surface area contributed by atoms with E-state index >= 15 is 0 Å². The molecule has 0 heterocycles. The smallest absolute Gasteiger partial charge is 0.161 e. The number of rotatable bonds is 6. The minimum Gasteiger partial charge on any atom is -0.493 e. The van der Waals surface area contributed by atoms with E-state index in [0.717, 1.165) is 5.56 Å². The Morgan fingerprint density at radius 2 is 2.06 bits per heavy atom. The summed E-state index contributed by atoms with van der Waals surface area (Å²) < 4.78 is 10.9. The summed E-state index contributed by atoms with van der Waals surface area (Å²) in [6, 6.07) is 5.76. The average molecular weight is 239 g/mol. The van der Waals surface area contributed by atoms with E-state index in [9.17, 15) is 5.11 Å². The third-order valence-electron chi connectivity index (χ3n) is 2.82. The molecule has 1 aromatic rings. The number of hydrogen-bond acceptors (Lipinski definition) is 4. The third-order valence-corrected chi connectivity index (χ3v) is 2.82. The fraction of sp³-hybridized carbons (Fsp3) is 0.538. The minimum absolute atomic E-state index is 0.0116. The Kier molecular flexibility index (Phi) is 4.78. The van der Waals surface area contributed by atoms with Gasteiger partial charge in [-0.3, -0.25) is 0 Å². The number of benzene rings is 1. The van der Waals surface area contributed by atoms with Gasteiger partial charge in [0.25, 0.3) is 0 Å². The van der Waals surface area contributed by atoms with Crippen LogP contribution in [0.1, 0.15) is 12.5 Å². The Morgan fingerprint density at radius 3 is 2.59 bits per heavy atom. The second-order valence-corrected chi connectivity index (χ2v) is 4.41. The maximum Gasteiger partial charge on any atom is 0.161 e. The van der Waals surface area contributed by atoms with Crippen molar-refractivity contribution in [1.29, 1.82) is 0 Å². The van der Waals surface area contributed by atoms with Gasteiger partial charge in [-0.05, 0) is 38.6 Å². The molecule has 17 heavy (non-hydrogen) atoms. The number of aliphatic hydroxyl groups is 1. The van der Waals surface area contributed by atoms with Crippen molar-refractivity contribution in [3.63, 3.8) is 0 Å². The SMILES string of the molecule is CNC(C)(CO)COc1ccc(C)cc1OC. The summed E-state index contributed by atoms with van der Waals surface area (Å²) in [7, 11) is 3.41. The van der Waals surface area contributed by atoms with Crippen LogP contribution in [0.5, 0.6) is 11.5 Å². The van der Waals surface area contributed by atoms with Crippen molar-refractivity contribution < 1.29 is 14.6 Å². The average Bonchev–Trinajstić information content (AvgIpc) is 2.36. The van der Waals surface area contributed by atoms with Crippen molar-refractivity contribution >= 4 is 0 Å². The molecule has 1 atom stereocenters. The number of nitrogens with one attached hydrogen (secondary N) is 1. The molecule has 0 aliphatic carbocycles. The first-order valence-electron chi connectivity index (χ1n) is 5.62. The van der Waals surface area contributed by atoms with E-state index in [1.54, 1.807) is 14.2 Å². The lowest BCUT2D eigenvalue weighted by Gasteiger charge is -2.27. The highest BCUT2D eigenvalue weighted by Crippen LogP contribution is 2.28. The summed E-state index contributed by atoms with van der Waals surface area (Å²) in [5, 5.41) is 12.3. The van der Waals surface area contributed by atoms with E-state index in [2.05, 4.69) is 5.32 Å². The molecular weight excluding hydrogens is 218 g/mol. The van der Waals surface area contributed by atoms with Crippen molar-refractivity contribution in [3.8, 4) is 11.5 Å². The van der Waals surface area contributed by atoms with Gasteiger partial charge in [-0.25, -0.2) is 0 Å². The second kappa shape index (κ2) is 5.89. The lowest BCUT2D eigenvalue weighted by atomic mass is 10.1. The molecular formula is C13H21NO3. The van der Waals surface area contributed by atoms with Crippen LogP contribution in [0.2, 0.25) is 0 Å². The number of ether oxygens (including phenoxy) is 2. The number of aryl methyl sites for hydroxylation is 1. The molecule has 4 heteroatoms. The monoisotopic (exact) mass is 239 g/mol.